The van der Waals surface area contributed by atoms with E-state index in [0.717, 1.165) is 0 Å². The number of carboxylic acid groups (broad SMARTS) is 1. The highest BCUT2D eigenvalue weighted by atomic mass is 16.5. The Morgan fingerprint density at radius 1 is 1.37 bits per heavy atom. The van der Waals surface area contributed by atoms with Gasteiger partial charge in [-0.05, 0) is 26.2 Å². The molecule has 1 saturated heterocycles. The third kappa shape index (κ3) is 5.19. The number of morpholine rings is 1. The molecule has 5 nitrogen and oxygen atoms in total. The summed E-state index contributed by atoms with van der Waals surface area (Å²) in [5.74, 6) is -0.858. The molecule has 0 bridgehead atoms. The minimum absolute atomic E-state index is 0.00201. The highest BCUT2D eigenvalue weighted by molar-refractivity contribution is 5.78. The van der Waals surface area contributed by atoms with Gasteiger partial charge in [0.15, 0.2) is 0 Å². The molecule has 1 heterocycles. The van der Waals surface area contributed by atoms with Crippen LogP contribution in [0.2, 0.25) is 0 Å². The van der Waals surface area contributed by atoms with Gasteiger partial charge in [0, 0.05) is 19.5 Å². The smallest absolute Gasteiger partial charge is 0.303 e. The maximum absolute atomic E-state index is 12.3. The lowest BCUT2D eigenvalue weighted by atomic mass is 9.85. The second-order valence-electron chi connectivity index (χ2n) is 6.87. The second kappa shape index (κ2) is 5.49. The van der Waals surface area contributed by atoms with Crippen LogP contribution >= 0.6 is 0 Å². The Morgan fingerprint density at radius 2 is 1.95 bits per heavy atom. The average molecular weight is 271 g/mol. The van der Waals surface area contributed by atoms with Gasteiger partial charge in [-0.2, -0.15) is 0 Å². The van der Waals surface area contributed by atoms with Gasteiger partial charge < -0.3 is 14.7 Å². The maximum Gasteiger partial charge on any atom is 0.303 e. The highest BCUT2D eigenvalue weighted by Crippen LogP contribution is 2.28. The van der Waals surface area contributed by atoms with Crippen molar-refractivity contribution in [1.82, 2.24) is 4.90 Å². The van der Waals surface area contributed by atoms with Crippen molar-refractivity contribution in [3.05, 3.63) is 0 Å². The van der Waals surface area contributed by atoms with Crippen molar-refractivity contribution >= 4 is 11.9 Å². The molecule has 0 saturated carbocycles. The summed E-state index contributed by atoms with van der Waals surface area (Å²) in [6, 6.07) is 0. The van der Waals surface area contributed by atoms with Crippen molar-refractivity contribution in [3.63, 3.8) is 0 Å². The van der Waals surface area contributed by atoms with E-state index >= 15 is 0 Å². The Balaban J connectivity index is 2.65. The zero-order chi connectivity index (χ0) is 14.8. The summed E-state index contributed by atoms with van der Waals surface area (Å²) in [4.78, 5) is 24.9. The molecule has 0 radical (unpaired) electrons. The molecule has 0 unspecified atom stereocenters. The molecule has 19 heavy (non-hydrogen) atoms. The molecular weight excluding hydrogens is 246 g/mol. The first-order valence-corrected chi connectivity index (χ1v) is 6.68. The van der Waals surface area contributed by atoms with Gasteiger partial charge in [0.05, 0.1) is 18.1 Å². The molecule has 1 N–H and O–H groups in total. The number of carbonyl (C=O) groups excluding carboxylic acids is 1. The lowest BCUT2D eigenvalue weighted by Gasteiger charge is -2.42. The van der Waals surface area contributed by atoms with Crippen LogP contribution in [0.3, 0.4) is 0 Å². The number of carboxylic acids is 1. The van der Waals surface area contributed by atoms with Gasteiger partial charge in [0.25, 0.3) is 0 Å². The molecule has 0 aliphatic carbocycles. The highest BCUT2D eigenvalue weighted by Gasteiger charge is 2.35. The maximum atomic E-state index is 12.3. The van der Waals surface area contributed by atoms with Crippen LogP contribution in [0.4, 0.5) is 0 Å². The average Bonchev–Trinajstić information content (AvgIpc) is 2.10. The van der Waals surface area contributed by atoms with E-state index in [1.54, 1.807) is 4.90 Å². The summed E-state index contributed by atoms with van der Waals surface area (Å²) in [6.45, 7) is 10.6. The van der Waals surface area contributed by atoms with Crippen molar-refractivity contribution in [2.45, 2.75) is 59.2 Å². The number of hydrogen-bond acceptors (Lipinski definition) is 3. The Bertz CT molecular complexity index is 362. The van der Waals surface area contributed by atoms with E-state index in [-0.39, 0.29) is 30.5 Å². The number of carbonyl (C=O) groups is 2. The van der Waals surface area contributed by atoms with Gasteiger partial charge in [-0.1, -0.05) is 13.8 Å². The first-order valence-electron chi connectivity index (χ1n) is 6.68. The Hall–Kier alpha value is -1.10. The van der Waals surface area contributed by atoms with Crippen molar-refractivity contribution in [3.8, 4) is 0 Å². The van der Waals surface area contributed by atoms with E-state index in [2.05, 4.69) is 0 Å². The van der Waals surface area contributed by atoms with Gasteiger partial charge >= 0.3 is 5.97 Å². The fraction of sp³-hybridized carbons (Fsp3) is 0.857. The third-order valence-electron chi connectivity index (χ3n) is 3.18. The zero-order valence-corrected chi connectivity index (χ0v) is 12.5. The molecule has 0 aromatic heterocycles. The third-order valence-corrected chi connectivity index (χ3v) is 3.18. The molecule has 0 aromatic rings. The predicted molar refractivity (Wildman–Crippen MR) is 71.9 cm³/mol. The van der Waals surface area contributed by atoms with Gasteiger partial charge in [-0.3, -0.25) is 9.59 Å². The number of rotatable bonds is 4. The van der Waals surface area contributed by atoms with E-state index < -0.39 is 11.4 Å². The molecule has 0 aromatic carbocycles. The van der Waals surface area contributed by atoms with Crippen LogP contribution in [0.25, 0.3) is 0 Å². The fourth-order valence-corrected chi connectivity index (χ4v) is 2.64. The molecule has 5 heteroatoms. The fourth-order valence-electron chi connectivity index (χ4n) is 2.64. The number of amides is 1. The molecule has 0 spiro atoms. The van der Waals surface area contributed by atoms with E-state index in [1.165, 1.54) is 0 Å². The number of aliphatic carboxylic acids is 1. The van der Waals surface area contributed by atoms with Crippen LogP contribution in [0.15, 0.2) is 0 Å². The summed E-state index contributed by atoms with van der Waals surface area (Å²) in [7, 11) is 0. The minimum Gasteiger partial charge on any atom is -0.481 e. The van der Waals surface area contributed by atoms with Crippen molar-refractivity contribution in [1.29, 1.82) is 0 Å². The first-order chi connectivity index (χ1) is 8.51. The van der Waals surface area contributed by atoms with Crippen molar-refractivity contribution in [2.24, 2.45) is 5.41 Å². The quantitative estimate of drug-likeness (QED) is 0.848. The van der Waals surface area contributed by atoms with Crippen LogP contribution in [0.1, 0.15) is 47.5 Å². The largest absolute Gasteiger partial charge is 0.481 e. The van der Waals surface area contributed by atoms with Crippen LogP contribution in [-0.4, -0.2) is 46.7 Å². The van der Waals surface area contributed by atoms with Gasteiger partial charge in [0.2, 0.25) is 5.91 Å². The summed E-state index contributed by atoms with van der Waals surface area (Å²) in [5.41, 5.74) is -0.862. The lowest BCUT2D eigenvalue weighted by Crippen LogP contribution is -2.54. The minimum atomic E-state index is -0.867. The number of hydrogen-bond donors (Lipinski definition) is 1. The van der Waals surface area contributed by atoms with Crippen LogP contribution in [0, 0.1) is 5.41 Å². The molecule has 1 aliphatic rings. The van der Waals surface area contributed by atoms with Crippen molar-refractivity contribution in [2.75, 3.05) is 13.1 Å². The molecule has 1 aliphatic heterocycles. The topological polar surface area (TPSA) is 66.8 Å². The molecule has 1 atom stereocenters. The van der Waals surface area contributed by atoms with Gasteiger partial charge in [-0.15, -0.1) is 0 Å². The first kappa shape index (κ1) is 16.0. The molecular formula is C14H25NO4. The van der Waals surface area contributed by atoms with E-state index in [4.69, 9.17) is 9.84 Å². The van der Waals surface area contributed by atoms with E-state index in [1.807, 2.05) is 34.6 Å². The summed E-state index contributed by atoms with van der Waals surface area (Å²) >= 11 is 0. The summed E-state index contributed by atoms with van der Waals surface area (Å²) in [6.07, 6.45) is 0.264. The van der Waals surface area contributed by atoms with Crippen LogP contribution < -0.4 is 0 Å². The number of ether oxygens (including phenoxy) is 1. The van der Waals surface area contributed by atoms with E-state index in [0.29, 0.717) is 13.1 Å². The number of nitrogens with zero attached hydrogens (tertiary/aromatic N) is 1. The second-order valence-corrected chi connectivity index (χ2v) is 6.87. The monoisotopic (exact) mass is 271 g/mol. The molecule has 1 fully saturated rings. The molecule has 1 rings (SSSR count). The summed E-state index contributed by atoms with van der Waals surface area (Å²) < 4.78 is 5.76. The van der Waals surface area contributed by atoms with Gasteiger partial charge in [0.1, 0.15) is 0 Å². The Morgan fingerprint density at radius 3 is 2.42 bits per heavy atom. The normalized spacial score (nSPS) is 23.2. The standard InChI is InChI=1S/C14H25NO4/c1-10-8-15(9-14(4,5)19-10)11(16)6-13(2,3)7-12(17)18/h10H,6-9H2,1-5H3,(H,17,18)/t10-/m0/s1. The van der Waals surface area contributed by atoms with Crippen LogP contribution in [0.5, 0.6) is 0 Å². The molecule has 110 valence electrons. The Labute approximate surface area is 114 Å². The summed E-state index contributed by atoms with van der Waals surface area (Å²) in [5, 5.41) is 8.85. The van der Waals surface area contributed by atoms with E-state index in [9.17, 15) is 9.59 Å². The van der Waals surface area contributed by atoms with Crippen LogP contribution in [-0.2, 0) is 14.3 Å². The van der Waals surface area contributed by atoms with Gasteiger partial charge in [-0.25, -0.2) is 0 Å². The Kier molecular flexibility index (Phi) is 4.61. The SMILES string of the molecule is C[C@H]1CN(C(=O)CC(C)(C)CC(=O)O)CC(C)(C)O1. The van der Waals surface area contributed by atoms with Crippen molar-refractivity contribution < 1.29 is 19.4 Å². The lowest BCUT2D eigenvalue weighted by molar-refractivity contribution is -0.160. The molecule has 1 amide bonds. The predicted octanol–water partition coefficient (Wildman–Crippen LogP) is 1.90. The zero-order valence-electron chi connectivity index (χ0n) is 12.5.